The fourth-order valence-electron chi connectivity index (χ4n) is 1.03. The van der Waals surface area contributed by atoms with Crippen LogP contribution < -0.4 is 5.69 Å². The van der Waals surface area contributed by atoms with Crippen LogP contribution in [0.1, 0.15) is 25.5 Å². The molecule has 0 aliphatic carbocycles. The van der Waals surface area contributed by atoms with Gasteiger partial charge in [0.25, 0.3) is 0 Å². The minimum atomic E-state index is -0.248. The summed E-state index contributed by atoms with van der Waals surface area (Å²) in [5, 5.41) is 0. The van der Waals surface area contributed by atoms with Gasteiger partial charge in [-0.2, -0.15) is 0 Å². The molecule has 0 unspecified atom stereocenters. The summed E-state index contributed by atoms with van der Waals surface area (Å²) in [5.74, 6) is -0.228. The summed E-state index contributed by atoms with van der Waals surface area (Å²) in [4.78, 5) is 26.8. The smallest absolute Gasteiger partial charge is 0.323 e. The van der Waals surface area contributed by atoms with Gasteiger partial charge in [0.2, 0.25) is 0 Å². The van der Waals surface area contributed by atoms with Crippen molar-refractivity contribution in [3.05, 3.63) is 22.4 Å². The molecule has 1 aromatic rings. The Kier molecular flexibility index (Phi) is 3.97. The predicted molar refractivity (Wildman–Crippen MR) is 51.0 cm³/mol. The second kappa shape index (κ2) is 5.26. The molecular formula is C9H14N2O3. The average molecular weight is 198 g/mol. The van der Waals surface area contributed by atoms with Gasteiger partial charge in [-0.05, 0) is 12.8 Å². The van der Waals surface area contributed by atoms with Crippen molar-refractivity contribution in [1.82, 2.24) is 9.97 Å². The lowest BCUT2D eigenvalue weighted by atomic mass is 10.2. The van der Waals surface area contributed by atoms with Crippen LogP contribution in [0.2, 0.25) is 0 Å². The molecule has 0 aliphatic heterocycles. The van der Waals surface area contributed by atoms with Crippen molar-refractivity contribution in [1.29, 1.82) is 0 Å². The van der Waals surface area contributed by atoms with Gasteiger partial charge in [0.05, 0.1) is 13.0 Å². The summed E-state index contributed by atoms with van der Waals surface area (Å²) in [6.45, 7) is 2.40. The Morgan fingerprint density at radius 3 is 2.93 bits per heavy atom. The maximum atomic E-state index is 11.1. The van der Waals surface area contributed by atoms with Crippen LogP contribution in [0.4, 0.5) is 0 Å². The van der Waals surface area contributed by atoms with Crippen LogP contribution in [0, 0.1) is 0 Å². The summed E-state index contributed by atoms with van der Waals surface area (Å²) < 4.78 is 4.88. The molecule has 0 fully saturated rings. The molecule has 0 amide bonds. The van der Waals surface area contributed by atoms with Crippen molar-refractivity contribution in [2.24, 2.45) is 0 Å². The number of H-pyrrole nitrogens is 2. The molecular weight excluding hydrogens is 184 g/mol. The van der Waals surface area contributed by atoms with E-state index in [9.17, 15) is 9.59 Å². The number of imidazole rings is 1. The number of esters is 1. The highest BCUT2D eigenvalue weighted by Crippen LogP contribution is 1.97. The number of carbonyl (C=O) groups is 1. The highest BCUT2D eigenvalue weighted by molar-refractivity contribution is 5.69. The van der Waals surface area contributed by atoms with E-state index >= 15 is 0 Å². The summed E-state index contributed by atoms with van der Waals surface area (Å²) in [5.41, 5.74) is 0.477. The standard InChI is InChI=1S/C9H14N2O3/c1-2-5-14-8(12)4-3-7-6-10-9(13)11-7/h6H,2-5H2,1H3,(H2,10,11,13). The Labute approximate surface area is 81.5 Å². The van der Waals surface area contributed by atoms with Gasteiger partial charge >= 0.3 is 11.7 Å². The molecule has 1 aromatic heterocycles. The summed E-state index contributed by atoms with van der Waals surface area (Å²) >= 11 is 0. The first-order valence-corrected chi connectivity index (χ1v) is 4.64. The first kappa shape index (κ1) is 10.6. The van der Waals surface area contributed by atoms with Gasteiger partial charge in [-0.25, -0.2) is 4.79 Å². The number of ether oxygens (including phenoxy) is 1. The Morgan fingerprint density at radius 1 is 1.57 bits per heavy atom. The number of aromatic amines is 2. The molecule has 0 spiro atoms. The van der Waals surface area contributed by atoms with Gasteiger partial charge in [0.15, 0.2) is 0 Å². The lowest BCUT2D eigenvalue weighted by molar-refractivity contribution is -0.143. The van der Waals surface area contributed by atoms with E-state index in [1.54, 1.807) is 6.20 Å². The van der Waals surface area contributed by atoms with Gasteiger partial charge in [-0.1, -0.05) is 6.92 Å². The minimum Gasteiger partial charge on any atom is -0.466 e. The molecule has 1 rings (SSSR count). The van der Waals surface area contributed by atoms with Crippen molar-refractivity contribution in [3.8, 4) is 0 Å². The lowest BCUT2D eigenvalue weighted by Crippen LogP contribution is -2.07. The predicted octanol–water partition coefficient (Wildman–Crippen LogP) is 0.589. The summed E-state index contributed by atoms with van der Waals surface area (Å²) in [7, 11) is 0. The number of hydrogen-bond acceptors (Lipinski definition) is 3. The first-order valence-electron chi connectivity index (χ1n) is 4.64. The van der Waals surface area contributed by atoms with Crippen molar-refractivity contribution < 1.29 is 9.53 Å². The zero-order chi connectivity index (χ0) is 10.4. The number of aryl methyl sites for hydroxylation is 1. The third-order valence-corrected chi connectivity index (χ3v) is 1.72. The van der Waals surface area contributed by atoms with E-state index in [1.807, 2.05) is 6.92 Å². The minimum absolute atomic E-state index is 0.228. The number of aromatic nitrogens is 2. The zero-order valence-corrected chi connectivity index (χ0v) is 8.13. The van der Waals surface area contributed by atoms with E-state index in [-0.39, 0.29) is 11.7 Å². The number of nitrogens with one attached hydrogen (secondary N) is 2. The number of carbonyl (C=O) groups excluding carboxylic acids is 1. The average Bonchev–Trinajstić information content (AvgIpc) is 2.58. The molecule has 14 heavy (non-hydrogen) atoms. The topological polar surface area (TPSA) is 75.0 Å². The molecule has 2 N–H and O–H groups in total. The van der Waals surface area contributed by atoms with Gasteiger partial charge in [0, 0.05) is 11.9 Å². The highest BCUT2D eigenvalue weighted by atomic mass is 16.5. The molecule has 0 saturated carbocycles. The Hall–Kier alpha value is -1.52. The van der Waals surface area contributed by atoms with Crippen LogP contribution in [0.3, 0.4) is 0 Å². The second-order valence-corrected chi connectivity index (χ2v) is 2.99. The number of rotatable bonds is 5. The molecule has 5 nitrogen and oxygen atoms in total. The van der Waals surface area contributed by atoms with E-state index in [0.29, 0.717) is 19.4 Å². The van der Waals surface area contributed by atoms with E-state index in [1.165, 1.54) is 0 Å². The fourth-order valence-corrected chi connectivity index (χ4v) is 1.03. The third kappa shape index (κ3) is 3.47. The van der Waals surface area contributed by atoms with Crippen LogP contribution in [0.5, 0.6) is 0 Å². The fraction of sp³-hybridized carbons (Fsp3) is 0.556. The van der Waals surface area contributed by atoms with Crippen LogP contribution in [-0.2, 0) is 16.0 Å². The van der Waals surface area contributed by atoms with Crippen molar-refractivity contribution in [2.75, 3.05) is 6.61 Å². The molecule has 0 saturated heterocycles. The molecule has 78 valence electrons. The summed E-state index contributed by atoms with van der Waals surface area (Å²) in [6.07, 6.45) is 3.19. The Balaban J connectivity index is 2.27. The van der Waals surface area contributed by atoms with Crippen molar-refractivity contribution in [2.45, 2.75) is 26.2 Å². The summed E-state index contributed by atoms with van der Waals surface area (Å²) in [6, 6.07) is 0. The monoisotopic (exact) mass is 198 g/mol. The molecule has 0 atom stereocenters. The van der Waals surface area contributed by atoms with Gasteiger partial charge < -0.3 is 14.7 Å². The zero-order valence-electron chi connectivity index (χ0n) is 8.13. The maximum absolute atomic E-state index is 11.1. The van der Waals surface area contributed by atoms with Crippen LogP contribution in [0.15, 0.2) is 11.0 Å². The van der Waals surface area contributed by atoms with E-state index < -0.39 is 0 Å². The maximum Gasteiger partial charge on any atom is 0.323 e. The lowest BCUT2D eigenvalue weighted by Gasteiger charge is -2.00. The van der Waals surface area contributed by atoms with Crippen molar-refractivity contribution >= 4 is 5.97 Å². The van der Waals surface area contributed by atoms with E-state index in [0.717, 1.165) is 12.1 Å². The molecule has 0 bridgehead atoms. The largest absolute Gasteiger partial charge is 0.466 e. The van der Waals surface area contributed by atoms with E-state index in [2.05, 4.69) is 9.97 Å². The molecule has 5 heteroatoms. The number of hydrogen-bond donors (Lipinski definition) is 2. The molecule has 0 aliphatic rings. The van der Waals surface area contributed by atoms with Crippen LogP contribution in [-0.4, -0.2) is 22.5 Å². The Bertz CT molecular complexity index is 340. The van der Waals surface area contributed by atoms with Crippen LogP contribution >= 0.6 is 0 Å². The van der Waals surface area contributed by atoms with Crippen molar-refractivity contribution in [3.63, 3.8) is 0 Å². The van der Waals surface area contributed by atoms with Crippen LogP contribution in [0.25, 0.3) is 0 Å². The third-order valence-electron chi connectivity index (χ3n) is 1.72. The van der Waals surface area contributed by atoms with E-state index in [4.69, 9.17) is 4.74 Å². The van der Waals surface area contributed by atoms with Gasteiger partial charge in [-0.15, -0.1) is 0 Å². The normalized spacial score (nSPS) is 10.1. The second-order valence-electron chi connectivity index (χ2n) is 2.99. The molecule has 0 radical (unpaired) electrons. The first-order chi connectivity index (χ1) is 6.72. The van der Waals surface area contributed by atoms with Gasteiger partial charge in [0.1, 0.15) is 0 Å². The SMILES string of the molecule is CCCOC(=O)CCc1c[nH]c(=O)[nH]1. The quantitative estimate of drug-likeness (QED) is 0.680. The molecule has 1 heterocycles. The highest BCUT2D eigenvalue weighted by Gasteiger charge is 2.03. The Morgan fingerprint density at radius 2 is 2.36 bits per heavy atom. The van der Waals surface area contributed by atoms with Gasteiger partial charge in [-0.3, -0.25) is 4.79 Å². The molecule has 0 aromatic carbocycles.